The van der Waals surface area contributed by atoms with Gasteiger partial charge >= 0.3 is 0 Å². The molecule has 100 valence electrons. The van der Waals surface area contributed by atoms with Gasteiger partial charge in [-0.3, -0.25) is 0 Å². The number of rotatable bonds is 6. The third kappa shape index (κ3) is 4.84. The summed E-state index contributed by atoms with van der Waals surface area (Å²) in [7, 11) is 0. The molecule has 0 bridgehead atoms. The standard InChI is InChI=1S/C14H20ClNO2/c15-12-4-6-13(7-5-12)16-8-10-17-11-14-3-1-2-9-18-14/h4-7,14,16H,1-3,8-11H2. The van der Waals surface area contributed by atoms with Gasteiger partial charge in [-0.2, -0.15) is 0 Å². The van der Waals surface area contributed by atoms with Crippen molar-refractivity contribution in [1.29, 1.82) is 0 Å². The van der Waals surface area contributed by atoms with Gasteiger partial charge < -0.3 is 14.8 Å². The van der Waals surface area contributed by atoms with Crippen molar-refractivity contribution in [2.45, 2.75) is 25.4 Å². The largest absolute Gasteiger partial charge is 0.383 e. The summed E-state index contributed by atoms with van der Waals surface area (Å²) in [5, 5.41) is 4.04. The maximum Gasteiger partial charge on any atom is 0.0808 e. The van der Waals surface area contributed by atoms with Crippen LogP contribution in [0.4, 0.5) is 5.69 Å². The van der Waals surface area contributed by atoms with E-state index in [0.717, 1.165) is 30.3 Å². The van der Waals surface area contributed by atoms with Crippen LogP contribution in [0.1, 0.15) is 19.3 Å². The van der Waals surface area contributed by atoms with E-state index in [9.17, 15) is 0 Å². The topological polar surface area (TPSA) is 30.5 Å². The molecule has 1 aromatic carbocycles. The minimum Gasteiger partial charge on any atom is -0.383 e. The molecule has 4 heteroatoms. The Hall–Kier alpha value is -0.770. The van der Waals surface area contributed by atoms with Crippen molar-refractivity contribution in [3.05, 3.63) is 29.3 Å². The van der Waals surface area contributed by atoms with E-state index in [4.69, 9.17) is 21.1 Å². The Morgan fingerprint density at radius 1 is 1.28 bits per heavy atom. The second-order valence-electron chi connectivity index (χ2n) is 4.50. The summed E-state index contributed by atoms with van der Waals surface area (Å²) in [6, 6.07) is 7.68. The molecule has 1 saturated heterocycles. The average molecular weight is 270 g/mol. The van der Waals surface area contributed by atoms with Crippen LogP contribution in [0, 0.1) is 0 Å². The van der Waals surface area contributed by atoms with E-state index < -0.39 is 0 Å². The minimum absolute atomic E-state index is 0.300. The summed E-state index contributed by atoms with van der Waals surface area (Å²) in [5.74, 6) is 0. The molecule has 0 aliphatic carbocycles. The maximum atomic E-state index is 5.82. The number of hydrogen-bond donors (Lipinski definition) is 1. The molecule has 0 saturated carbocycles. The van der Waals surface area contributed by atoms with Crippen molar-refractivity contribution >= 4 is 17.3 Å². The molecule has 1 aliphatic rings. The number of ether oxygens (including phenoxy) is 2. The van der Waals surface area contributed by atoms with Gasteiger partial charge in [-0.25, -0.2) is 0 Å². The van der Waals surface area contributed by atoms with E-state index in [1.165, 1.54) is 12.8 Å². The molecule has 3 nitrogen and oxygen atoms in total. The van der Waals surface area contributed by atoms with Gasteiger partial charge in [0.05, 0.1) is 19.3 Å². The predicted octanol–water partition coefficient (Wildman–Crippen LogP) is 3.34. The molecule has 2 rings (SSSR count). The van der Waals surface area contributed by atoms with Crippen molar-refractivity contribution in [3.8, 4) is 0 Å². The first-order chi connectivity index (χ1) is 8.84. The molecule has 1 aromatic rings. The lowest BCUT2D eigenvalue weighted by molar-refractivity contribution is -0.0387. The summed E-state index contributed by atoms with van der Waals surface area (Å²) in [5.41, 5.74) is 1.07. The van der Waals surface area contributed by atoms with Crippen LogP contribution in [-0.2, 0) is 9.47 Å². The summed E-state index contributed by atoms with van der Waals surface area (Å²) in [4.78, 5) is 0. The lowest BCUT2D eigenvalue weighted by Crippen LogP contribution is -2.25. The Bertz CT molecular complexity index is 336. The Balaban J connectivity index is 1.54. The first kappa shape index (κ1) is 13.7. The monoisotopic (exact) mass is 269 g/mol. The highest BCUT2D eigenvalue weighted by molar-refractivity contribution is 6.30. The summed E-state index contributed by atoms with van der Waals surface area (Å²) < 4.78 is 11.2. The van der Waals surface area contributed by atoms with Gasteiger partial charge in [0.25, 0.3) is 0 Å². The van der Waals surface area contributed by atoms with Crippen LogP contribution < -0.4 is 5.32 Å². The fourth-order valence-corrected chi connectivity index (χ4v) is 2.11. The maximum absolute atomic E-state index is 5.82. The molecule has 0 spiro atoms. The molecule has 1 N–H and O–H groups in total. The Morgan fingerprint density at radius 3 is 2.83 bits per heavy atom. The fraction of sp³-hybridized carbons (Fsp3) is 0.571. The van der Waals surface area contributed by atoms with Crippen LogP contribution in [0.5, 0.6) is 0 Å². The van der Waals surface area contributed by atoms with Gasteiger partial charge in [-0.05, 0) is 43.5 Å². The van der Waals surface area contributed by atoms with E-state index in [0.29, 0.717) is 19.3 Å². The first-order valence-electron chi connectivity index (χ1n) is 6.53. The van der Waals surface area contributed by atoms with Crippen LogP contribution >= 0.6 is 11.6 Å². The number of hydrogen-bond acceptors (Lipinski definition) is 3. The van der Waals surface area contributed by atoms with Gasteiger partial charge in [0.2, 0.25) is 0 Å². The molecule has 18 heavy (non-hydrogen) atoms. The van der Waals surface area contributed by atoms with Crippen molar-refractivity contribution in [2.24, 2.45) is 0 Å². The van der Waals surface area contributed by atoms with Crippen LogP contribution in [0.2, 0.25) is 5.02 Å². The molecule has 0 radical (unpaired) electrons. The molecular formula is C14H20ClNO2. The summed E-state index contributed by atoms with van der Waals surface area (Å²) in [6.07, 6.45) is 3.88. The van der Waals surface area contributed by atoms with Gasteiger partial charge in [0, 0.05) is 23.9 Å². The molecule has 0 amide bonds. The van der Waals surface area contributed by atoms with Crippen molar-refractivity contribution < 1.29 is 9.47 Å². The van der Waals surface area contributed by atoms with E-state index in [2.05, 4.69) is 5.32 Å². The Labute approximate surface area is 113 Å². The fourth-order valence-electron chi connectivity index (χ4n) is 1.99. The number of nitrogens with one attached hydrogen (secondary N) is 1. The molecular weight excluding hydrogens is 250 g/mol. The smallest absolute Gasteiger partial charge is 0.0808 e. The van der Waals surface area contributed by atoms with E-state index in [1.54, 1.807) is 0 Å². The molecule has 0 aromatic heterocycles. The quantitative estimate of drug-likeness (QED) is 0.804. The van der Waals surface area contributed by atoms with Gasteiger partial charge in [-0.1, -0.05) is 11.6 Å². The van der Waals surface area contributed by atoms with E-state index >= 15 is 0 Å². The average Bonchev–Trinajstić information content (AvgIpc) is 2.42. The zero-order valence-corrected chi connectivity index (χ0v) is 11.3. The van der Waals surface area contributed by atoms with Crippen LogP contribution in [0.3, 0.4) is 0 Å². The summed E-state index contributed by atoms with van der Waals surface area (Å²) >= 11 is 5.82. The highest BCUT2D eigenvalue weighted by Gasteiger charge is 2.13. The zero-order valence-electron chi connectivity index (χ0n) is 10.5. The van der Waals surface area contributed by atoms with Crippen LogP contribution in [0.25, 0.3) is 0 Å². The molecule has 1 aliphatic heterocycles. The SMILES string of the molecule is Clc1ccc(NCCOCC2CCCCO2)cc1. The second-order valence-corrected chi connectivity index (χ2v) is 4.93. The van der Waals surface area contributed by atoms with Gasteiger partial charge in [0.1, 0.15) is 0 Å². The minimum atomic E-state index is 0.300. The van der Waals surface area contributed by atoms with Crippen LogP contribution in [0.15, 0.2) is 24.3 Å². The molecule has 1 unspecified atom stereocenters. The van der Waals surface area contributed by atoms with Crippen molar-refractivity contribution in [3.63, 3.8) is 0 Å². The third-order valence-electron chi connectivity index (χ3n) is 3.00. The number of anilines is 1. The van der Waals surface area contributed by atoms with Crippen LogP contribution in [-0.4, -0.2) is 32.5 Å². The molecule has 1 atom stereocenters. The molecule has 1 heterocycles. The molecule has 1 fully saturated rings. The summed E-state index contributed by atoms with van der Waals surface area (Å²) in [6.45, 7) is 3.09. The highest BCUT2D eigenvalue weighted by atomic mass is 35.5. The highest BCUT2D eigenvalue weighted by Crippen LogP contribution is 2.14. The third-order valence-corrected chi connectivity index (χ3v) is 3.25. The Morgan fingerprint density at radius 2 is 2.11 bits per heavy atom. The lowest BCUT2D eigenvalue weighted by Gasteiger charge is -2.22. The number of benzene rings is 1. The normalized spacial score (nSPS) is 19.7. The van der Waals surface area contributed by atoms with Crippen molar-refractivity contribution in [2.75, 3.05) is 31.7 Å². The van der Waals surface area contributed by atoms with Crippen molar-refractivity contribution in [1.82, 2.24) is 0 Å². The predicted molar refractivity (Wildman–Crippen MR) is 74.4 cm³/mol. The second kappa shape index (κ2) is 7.62. The zero-order chi connectivity index (χ0) is 12.6. The van der Waals surface area contributed by atoms with Gasteiger partial charge in [0.15, 0.2) is 0 Å². The Kier molecular flexibility index (Phi) is 5.78. The van der Waals surface area contributed by atoms with Gasteiger partial charge in [-0.15, -0.1) is 0 Å². The number of halogens is 1. The lowest BCUT2D eigenvalue weighted by atomic mass is 10.1. The first-order valence-corrected chi connectivity index (χ1v) is 6.91. The van der Waals surface area contributed by atoms with E-state index in [1.807, 2.05) is 24.3 Å². The van der Waals surface area contributed by atoms with E-state index in [-0.39, 0.29) is 0 Å².